The highest BCUT2D eigenvalue weighted by Crippen LogP contribution is 2.42. The van der Waals surface area contributed by atoms with Gasteiger partial charge in [0, 0.05) is 5.56 Å². The highest BCUT2D eigenvalue weighted by Gasteiger charge is 2.33. The topological polar surface area (TPSA) is 62.0 Å². The van der Waals surface area contributed by atoms with Crippen LogP contribution in [0.15, 0.2) is 82.6 Å². The monoisotopic (exact) mass is 788 g/mol. The molecular weight excluding hydrogens is 762 g/mol. The van der Waals surface area contributed by atoms with E-state index >= 15 is 0 Å². The molecule has 9 heteroatoms. The minimum atomic E-state index is -0.300. The van der Waals surface area contributed by atoms with Crippen LogP contribution in [0.5, 0.6) is 17.2 Å². The summed E-state index contributed by atoms with van der Waals surface area (Å²) >= 11 is 5.97. The van der Waals surface area contributed by atoms with Crippen LogP contribution in [0.2, 0.25) is 0 Å². The van der Waals surface area contributed by atoms with E-state index < -0.39 is 0 Å². The lowest BCUT2D eigenvalue weighted by molar-refractivity contribution is 0.354. The van der Waals surface area contributed by atoms with Gasteiger partial charge in [-0.1, -0.05) is 54.3 Å². The molecule has 1 aliphatic heterocycles. The van der Waals surface area contributed by atoms with Crippen molar-refractivity contribution in [3.63, 3.8) is 0 Å². The predicted octanol–water partition coefficient (Wildman–Crippen LogP) is 6.11. The normalized spacial score (nSPS) is 15.9. The zero-order valence-corrected chi connectivity index (χ0v) is 27.6. The largest absolute Gasteiger partial charge is 0.493 e. The van der Waals surface area contributed by atoms with Crippen LogP contribution in [0, 0.1) is 7.14 Å². The van der Waals surface area contributed by atoms with E-state index in [0.717, 1.165) is 53.7 Å². The summed E-state index contributed by atoms with van der Waals surface area (Å²) in [4.78, 5) is 19.9. The zero-order chi connectivity index (χ0) is 28.7. The third-order valence-corrected chi connectivity index (χ3v) is 9.85. The van der Waals surface area contributed by atoms with E-state index in [9.17, 15) is 4.79 Å². The summed E-state index contributed by atoms with van der Waals surface area (Å²) < 4.78 is 21.4. The molecule has 0 radical (unpaired) electrons. The van der Waals surface area contributed by atoms with Crippen molar-refractivity contribution in [2.75, 3.05) is 20.8 Å². The maximum absolute atomic E-state index is 14.1. The summed E-state index contributed by atoms with van der Waals surface area (Å²) in [6.45, 7) is 4.18. The van der Waals surface area contributed by atoms with E-state index in [1.54, 1.807) is 20.3 Å². The number of ether oxygens (including phenoxy) is 3. The second-order valence-electron chi connectivity index (χ2n) is 9.64. The number of benzene rings is 3. The van der Waals surface area contributed by atoms with Crippen LogP contribution in [0.4, 0.5) is 0 Å². The maximum atomic E-state index is 14.1. The van der Waals surface area contributed by atoms with Crippen molar-refractivity contribution >= 4 is 68.3 Å². The van der Waals surface area contributed by atoms with Crippen molar-refractivity contribution in [3.8, 4) is 17.2 Å². The molecule has 0 saturated carbocycles. The van der Waals surface area contributed by atoms with Gasteiger partial charge in [0.1, 0.15) is 12.4 Å². The Kier molecular flexibility index (Phi) is 8.10. The first kappa shape index (κ1) is 28.2. The first-order valence-corrected chi connectivity index (χ1v) is 16.0. The van der Waals surface area contributed by atoms with Gasteiger partial charge in [-0.25, -0.2) is 4.99 Å². The molecule has 3 aromatic carbocycles. The van der Waals surface area contributed by atoms with Gasteiger partial charge in [-0.05, 0) is 111 Å². The molecule has 0 saturated heterocycles. The minimum Gasteiger partial charge on any atom is -0.493 e. The summed E-state index contributed by atoms with van der Waals surface area (Å²) in [5.74, 6) is 2.10. The summed E-state index contributed by atoms with van der Waals surface area (Å²) in [6.07, 6.45) is 5.40. The second kappa shape index (κ2) is 11.8. The number of thiazole rings is 1. The summed E-state index contributed by atoms with van der Waals surface area (Å²) in [5, 5.41) is 0. The van der Waals surface area contributed by atoms with E-state index in [0.29, 0.717) is 27.4 Å². The van der Waals surface area contributed by atoms with Crippen LogP contribution in [0.25, 0.3) is 11.8 Å². The van der Waals surface area contributed by atoms with E-state index in [4.69, 9.17) is 19.2 Å². The number of hydrogen-bond acceptors (Lipinski definition) is 6. The summed E-state index contributed by atoms with van der Waals surface area (Å²) in [5.41, 5.74) is 6.36. The average molecular weight is 788 g/mol. The fourth-order valence-electron chi connectivity index (χ4n) is 5.44. The van der Waals surface area contributed by atoms with Crippen molar-refractivity contribution < 1.29 is 14.2 Å². The van der Waals surface area contributed by atoms with E-state index in [1.807, 2.05) is 41.0 Å². The molecule has 0 bridgehead atoms. The number of rotatable bonds is 7. The Hall–Kier alpha value is -2.90. The third kappa shape index (κ3) is 5.16. The van der Waals surface area contributed by atoms with Crippen molar-refractivity contribution in [2.24, 2.45) is 4.99 Å². The molecule has 0 amide bonds. The molecule has 2 heterocycles. The fourth-order valence-corrected chi connectivity index (χ4v) is 8.57. The van der Waals surface area contributed by atoms with Gasteiger partial charge in [0.2, 0.25) is 0 Å². The quantitative estimate of drug-likeness (QED) is 0.168. The number of aryl methyl sites for hydroxylation is 1. The molecule has 1 unspecified atom stereocenters. The molecular formula is C32H26I2N2O4S. The second-order valence-corrected chi connectivity index (χ2v) is 13.0. The third-order valence-electron chi connectivity index (χ3n) is 7.26. The smallest absolute Gasteiger partial charge is 0.271 e. The number of aromatic nitrogens is 1. The number of halogens is 2. The Morgan fingerprint density at radius 1 is 1.05 bits per heavy atom. The highest BCUT2D eigenvalue weighted by molar-refractivity contribution is 14.1. The van der Waals surface area contributed by atoms with Crippen molar-refractivity contribution in [2.45, 2.75) is 18.9 Å². The molecule has 4 aromatic rings. The van der Waals surface area contributed by atoms with Crippen LogP contribution in [-0.2, 0) is 6.42 Å². The fraction of sp³-hybridized carbons (Fsp3) is 0.188. The lowest BCUT2D eigenvalue weighted by Crippen LogP contribution is -2.38. The number of fused-ring (bicyclic) bond motifs is 3. The number of allylic oxidation sites excluding steroid dienone is 1. The Bertz CT molecular complexity index is 1880. The van der Waals surface area contributed by atoms with E-state index in [2.05, 4.69) is 76.0 Å². The Labute approximate surface area is 269 Å². The molecule has 1 aromatic heterocycles. The molecule has 2 aliphatic rings. The Morgan fingerprint density at radius 3 is 2.54 bits per heavy atom. The zero-order valence-electron chi connectivity index (χ0n) is 22.4. The van der Waals surface area contributed by atoms with Crippen LogP contribution in [-0.4, -0.2) is 25.4 Å². The molecule has 208 valence electrons. The average Bonchev–Trinajstić information content (AvgIpc) is 3.29. The summed E-state index contributed by atoms with van der Waals surface area (Å²) in [7, 11) is 3.25. The molecule has 6 nitrogen and oxygen atoms in total. The van der Waals surface area contributed by atoms with E-state index in [1.165, 1.54) is 16.9 Å². The van der Waals surface area contributed by atoms with Crippen LogP contribution >= 0.6 is 56.5 Å². The lowest BCUT2D eigenvalue weighted by atomic mass is 9.83. The van der Waals surface area contributed by atoms with Crippen molar-refractivity contribution in [1.82, 2.24) is 4.57 Å². The van der Waals surface area contributed by atoms with Gasteiger partial charge in [-0.15, -0.1) is 0 Å². The minimum absolute atomic E-state index is 0.0593. The molecule has 6 rings (SSSR count). The SMILES string of the molecule is C=CCOc1c(I)cc(/C=c2/sc3n(c2=O)C(c2ccc(OC)c(OC)c2)C2=C(N=3)c3ccccc3CC2)cc1I. The summed E-state index contributed by atoms with van der Waals surface area (Å²) in [6, 6.07) is 18.1. The number of hydrogen-bond donors (Lipinski definition) is 0. The first-order valence-electron chi connectivity index (χ1n) is 13.0. The molecule has 0 spiro atoms. The van der Waals surface area contributed by atoms with Crippen molar-refractivity contribution in [1.29, 1.82) is 0 Å². The molecule has 0 fully saturated rings. The van der Waals surface area contributed by atoms with Gasteiger partial charge in [0.05, 0.1) is 37.6 Å². The maximum Gasteiger partial charge on any atom is 0.271 e. The van der Waals surface area contributed by atoms with Gasteiger partial charge in [-0.3, -0.25) is 9.36 Å². The van der Waals surface area contributed by atoms with Gasteiger partial charge in [0.15, 0.2) is 16.3 Å². The molecule has 0 N–H and O–H groups in total. The molecule has 1 atom stereocenters. The van der Waals surface area contributed by atoms with Gasteiger partial charge in [0.25, 0.3) is 5.56 Å². The van der Waals surface area contributed by atoms with Crippen LogP contribution in [0.3, 0.4) is 0 Å². The standard InChI is InChI=1S/C32H26I2N2O4S/c1-4-13-40-30-23(33)14-18(15-24(30)34)16-27-31(37)36-29(20-10-12-25(38-2)26(17-20)39-3)22-11-9-19-7-5-6-8-21(19)28(22)35-32(36)41-27/h4-8,10,12,14-17,29H,1,9,11,13H2,2-3H3/b27-16+. The molecule has 41 heavy (non-hydrogen) atoms. The van der Waals surface area contributed by atoms with Crippen molar-refractivity contribution in [3.05, 3.63) is 122 Å². The molecule has 1 aliphatic carbocycles. The van der Waals surface area contributed by atoms with E-state index in [-0.39, 0.29) is 11.6 Å². The lowest BCUT2D eigenvalue weighted by Gasteiger charge is -2.31. The van der Waals surface area contributed by atoms with Gasteiger partial charge in [-0.2, -0.15) is 0 Å². The predicted molar refractivity (Wildman–Crippen MR) is 180 cm³/mol. The highest BCUT2D eigenvalue weighted by atomic mass is 127. The van der Waals surface area contributed by atoms with Crippen LogP contribution < -0.4 is 29.1 Å². The van der Waals surface area contributed by atoms with Gasteiger partial charge < -0.3 is 14.2 Å². The first-order chi connectivity index (χ1) is 19.9. The Balaban J connectivity index is 1.56. The Morgan fingerprint density at radius 2 is 1.80 bits per heavy atom. The number of methoxy groups -OCH3 is 2. The van der Waals surface area contributed by atoms with Crippen LogP contribution in [0.1, 0.15) is 34.7 Å². The van der Waals surface area contributed by atoms with Gasteiger partial charge >= 0.3 is 0 Å². The number of nitrogens with zero attached hydrogens (tertiary/aromatic N) is 2.